The van der Waals surface area contributed by atoms with E-state index in [2.05, 4.69) is 6.92 Å². The molecule has 20 heavy (non-hydrogen) atoms. The second-order valence-electron chi connectivity index (χ2n) is 6.95. The molecule has 5 heteroatoms. The number of rotatable bonds is 2. The Hall–Kier alpha value is -1.10. The van der Waals surface area contributed by atoms with E-state index in [4.69, 9.17) is 11.5 Å². The molecule has 1 heterocycles. The van der Waals surface area contributed by atoms with Gasteiger partial charge in [0.15, 0.2) is 0 Å². The smallest absolute Gasteiger partial charge is 0.227 e. The molecule has 6 unspecified atom stereocenters. The van der Waals surface area contributed by atoms with Crippen molar-refractivity contribution in [2.75, 3.05) is 6.54 Å². The molecule has 0 spiro atoms. The topological polar surface area (TPSA) is 89.4 Å². The molecule has 0 aromatic heterocycles. The maximum absolute atomic E-state index is 12.9. The van der Waals surface area contributed by atoms with Crippen LogP contribution < -0.4 is 11.5 Å². The molecule has 3 rings (SSSR count). The highest BCUT2D eigenvalue weighted by Gasteiger charge is 2.51. The zero-order valence-corrected chi connectivity index (χ0v) is 12.1. The largest absolute Gasteiger partial charge is 0.369 e. The average molecular weight is 279 g/mol. The standard InChI is InChI=1S/C15H25N3O2/c1-8-2-3-11(14(17)19)7-18(8)15(20)12-9-4-5-10(6-9)13(12)16/h8-13H,2-7,16H2,1H3,(H2,17,19). The molecule has 6 atom stereocenters. The van der Waals surface area contributed by atoms with Gasteiger partial charge in [0.25, 0.3) is 0 Å². The Bertz CT molecular complexity index is 423. The van der Waals surface area contributed by atoms with Crippen molar-refractivity contribution in [2.24, 2.45) is 35.1 Å². The molecule has 0 aromatic rings. The number of fused-ring (bicyclic) bond motifs is 2. The van der Waals surface area contributed by atoms with Crippen molar-refractivity contribution in [3.63, 3.8) is 0 Å². The fourth-order valence-electron chi connectivity index (χ4n) is 4.54. The van der Waals surface area contributed by atoms with E-state index in [9.17, 15) is 9.59 Å². The summed E-state index contributed by atoms with van der Waals surface area (Å²) >= 11 is 0. The summed E-state index contributed by atoms with van der Waals surface area (Å²) in [6.07, 6.45) is 5.07. The third-order valence-electron chi connectivity index (χ3n) is 5.83. The number of nitrogens with two attached hydrogens (primary N) is 2. The first-order chi connectivity index (χ1) is 9.49. The van der Waals surface area contributed by atoms with Gasteiger partial charge in [-0.2, -0.15) is 0 Å². The fourth-order valence-corrected chi connectivity index (χ4v) is 4.54. The SMILES string of the molecule is CC1CCC(C(N)=O)CN1C(=O)C1C2CCC(C2)C1N. The van der Waals surface area contributed by atoms with Gasteiger partial charge in [0.1, 0.15) is 0 Å². The van der Waals surface area contributed by atoms with Gasteiger partial charge >= 0.3 is 0 Å². The Morgan fingerprint density at radius 2 is 1.80 bits per heavy atom. The molecule has 3 aliphatic rings. The highest BCUT2D eigenvalue weighted by molar-refractivity contribution is 5.83. The van der Waals surface area contributed by atoms with Crippen molar-refractivity contribution in [1.29, 1.82) is 0 Å². The Balaban J connectivity index is 1.74. The molecule has 2 amide bonds. The molecule has 0 aromatic carbocycles. The van der Waals surface area contributed by atoms with Crippen LogP contribution in [0, 0.1) is 23.7 Å². The number of hydrogen-bond donors (Lipinski definition) is 2. The van der Waals surface area contributed by atoms with Crippen LogP contribution in [0.1, 0.15) is 39.0 Å². The minimum absolute atomic E-state index is 0.0161. The lowest BCUT2D eigenvalue weighted by molar-refractivity contribution is -0.143. The van der Waals surface area contributed by atoms with Crippen LogP contribution in [-0.4, -0.2) is 35.3 Å². The first kappa shape index (κ1) is 13.9. The highest BCUT2D eigenvalue weighted by Crippen LogP contribution is 2.48. The lowest BCUT2D eigenvalue weighted by Crippen LogP contribution is -2.54. The quantitative estimate of drug-likeness (QED) is 0.770. The Kier molecular flexibility index (Phi) is 3.48. The summed E-state index contributed by atoms with van der Waals surface area (Å²) in [5, 5.41) is 0. The monoisotopic (exact) mass is 279 g/mol. The van der Waals surface area contributed by atoms with Crippen LogP contribution in [0.25, 0.3) is 0 Å². The zero-order valence-electron chi connectivity index (χ0n) is 12.1. The summed E-state index contributed by atoms with van der Waals surface area (Å²) in [5.74, 6) is 0.660. The van der Waals surface area contributed by atoms with Crippen LogP contribution in [0.5, 0.6) is 0 Å². The van der Waals surface area contributed by atoms with Gasteiger partial charge in [0.05, 0.1) is 11.8 Å². The molecule has 1 aliphatic heterocycles. The van der Waals surface area contributed by atoms with E-state index in [-0.39, 0.29) is 35.7 Å². The van der Waals surface area contributed by atoms with Gasteiger partial charge in [-0.25, -0.2) is 0 Å². The van der Waals surface area contributed by atoms with Gasteiger partial charge in [-0.3, -0.25) is 9.59 Å². The van der Waals surface area contributed by atoms with Crippen LogP contribution in [-0.2, 0) is 9.59 Å². The molecule has 3 fully saturated rings. The van der Waals surface area contributed by atoms with Crippen molar-refractivity contribution in [1.82, 2.24) is 4.90 Å². The van der Waals surface area contributed by atoms with Crippen LogP contribution in [0.2, 0.25) is 0 Å². The zero-order chi connectivity index (χ0) is 14.4. The van der Waals surface area contributed by atoms with E-state index in [0.717, 1.165) is 25.7 Å². The Morgan fingerprint density at radius 3 is 2.40 bits per heavy atom. The molecular weight excluding hydrogens is 254 g/mol. The highest BCUT2D eigenvalue weighted by atomic mass is 16.2. The van der Waals surface area contributed by atoms with Crippen molar-refractivity contribution in [3.05, 3.63) is 0 Å². The molecule has 5 nitrogen and oxygen atoms in total. The second kappa shape index (κ2) is 5.02. The average Bonchev–Trinajstić information content (AvgIpc) is 2.99. The molecule has 1 saturated heterocycles. The predicted molar refractivity (Wildman–Crippen MR) is 75.4 cm³/mol. The first-order valence-electron chi connectivity index (χ1n) is 7.84. The van der Waals surface area contributed by atoms with E-state index >= 15 is 0 Å². The van der Waals surface area contributed by atoms with Gasteiger partial charge in [0.2, 0.25) is 11.8 Å². The van der Waals surface area contributed by atoms with E-state index in [1.165, 1.54) is 6.42 Å². The third-order valence-corrected chi connectivity index (χ3v) is 5.83. The van der Waals surface area contributed by atoms with E-state index in [1.54, 1.807) is 0 Å². The first-order valence-corrected chi connectivity index (χ1v) is 7.84. The summed E-state index contributed by atoms with van der Waals surface area (Å²) < 4.78 is 0. The molecule has 2 bridgehead atoms. The maximum atomic E-state index is 12.9. The summed E-state index contributed by atoms with van der Waals surface area (Å²) in [5.41, 5.74) is 11.7. The normalized spacial score (nSPS) is 43.8. The van der Waals surface area contributed by atoms with Crippen LogP contribution >= 0.6 is 0 Å². The van der Waals surface area contributed by atoms with Crippen LogP contribution in [0.4, 0.5) is 0 Å². The second-order valence-corrected chi connectivity index (χ2v) is 6.95. The van der Waals surface area contributed by atoms with Gasteiger partial charge < -0.3 is 16.4 Å². The number of amides is 2. The number of carbonyl (C=O) groups excluding carboxylic acids is 2. The number of hydrogen-bond acceptors (Lipinski definition) is 3. The number of carbonyl (C=O) groups is 2. The van der Waals surface area contributed by atoms with Crippen molar-refractivity contribution < 1.29 is 9.59 Å². The van der Waals surface area contributed by atoms with E-state index < -0.39 is 0 Å². The number of likely N-dealkylation sites (tertiary alicyclic amines) is 1. The summed E-state index contributed by atoms with van der Waals surface area (Å²) in [4.78, 5) is 26.2. The van der Waals surface area contributed by atoms with Crippen LogP contribution in [0.15, 0.2) is 0 Å². The van der Waals surface area contributed by atoms with Crippen molar-refractivity contribution >= 4 is 11.8 Å². The van der Waals surface area contributed by atoms with E-state index in [1.807, 2.05) is 4.90 Å². The fraction of sp³-hybridized carbons (Fsp3) is 0.867. The molecule has 0 radical (unpaired) electrons. The number of nitrogens with zero attached hydrogens (tertiary/aromatic N) is 1. The molecule has 2 saturated carbocycles. The van der Waals surface area contributed by atoms with E-state index in [0.29, 0.717) is 18.4 Å². The molecular formula is C15H25N3O2. The van der Waals surface area contributed by atoms with Gasteiger partial charge in [-0.1, -0.05) is 0 Å². The Morgan fingerprint density at radius 1 is 1.10 bits per heavy atom. The maximum Gasteiger partial charge on any atom is 0.227 e. The van der Waals surface area contributed by atoms with Crippen molar-refractivity contribution in [3.8, 4) is 0 Å². The minimum Gasteiger partial charge on any atom is -0.369 e. The van der Waals surface area contributed by atoms with Gasteiger partial charge in [-0.05, 0) is 50.9 Å². The van der Waals surface area contributed by atoms with Crippen molar-refractivity contribution in [2.45, 2.75) is 51.1 Å². The molecule has 4 N–H and O–H groups in total. The molecule has 2 aliphatic carbocycles. The minimum atomic E-state index is -0.285. The summed E-state index contributed by atoms with van der Waals surface area (Å²) in [7, 11) is 0. The lowest BCUT2D eigenvalue weighted by atomic mass is 9.82. The predicted octanol–water partition coefficient (Wildman–Crippen LogP) is 0.472. The lowest BCUT2D eigenvalue weighted by Gasteiger charge is -2.40. The van der Waals surface area contributed by atoms with Gasteiger partial charge in [-0.15, -0.1) is 0 Å². The summed E-state index contributed by atoms with van der Waals surface area (Å²) in [6.45, 7) is 2.55. The molecule has 112 valence electrons. The number of primary amides is 1. The van der Waals surface area contributed by atoms with Crippen LogP contribution in [0.3, 0.4) is 0 Å². The van der Waals surface area contributed by atoms with Gasteiger partial charge in [0, 0.05) is 18.6 Å². The number of piperidine rings is 1. The summed E-state index contributed by atoms with van der Waals surface area (Å²) in [6, 6.07) is 0.215. The Labute approximate surface area is 120 Å². The third kappa shape index (κ3) is 2.12.